The third kappa shape index (κ3) is 1.94. The number of hydrogen-bond acceptors (Lipinski definition) is 3. The van der Waals surface area contributed by atoms with Crippen LogP contribution in [-0.4, -0.2) is 18.0 Å². The molecule has 0 aliphatic rings. The summed E-state index contributed by atoms with van der Waals surface area (Å²) in [5.74, 6) is 0.750. The van der Waals surface area contributed by atoms with Crippen LogP contribution in [0.1, 0.15) is 9.88 Å². The normalized spacial score (nSPS) is 10.7. The number of hydrogen-bond donors (Lipinski definition) is 0. The van der Waals surface area contributed by atoms with Crippen molar-refractivity contribution in [2.75, 3.05) is 0 Å². The fourth-order valence-corrected chi connectivity index (χ4v) is 1.50. The molecule has 0 N–H and O–H groups in total. The van der Waals surface area contributed by atoms with E-state index in [1.807, 2.05) is 13.8 Å². The number of nitrogens with zero attached hydrogens (tertiary/aromatic N) is 3. The summed E-state index contributed by atoms with van der Waals surface area (Å²) in [5.41, 5.74) is 0. The van der Waals surface area contributed by atoms with Crippen molar-refractivity contribution in [3.63, 3.8) is 0 Å². The van der Waals surface area contributed by atoms with E-state index >= 15 is 0 Å². The first-order valence-corrected chi connectivity index (χ1v) is 3.98. The minimum atomic E-state index is 0.750. The summed E-state index contributed by atoms with van der Waals surface area (Å²) in [5, 5.41) is 1.03. The molecule has 0 aromatic carbocycles. The van der Waals surface area contributed by atoms with Crippen LogP contribution in [0.3, 0.4) is 0 Å². The van der Waals surface area contributed by atoms with Gasteiger partial charge in [0.05, 0.1) is 5.01 Å². The van der Waals surface area contributed by atoms with E-state index in [4.69, 9.17) is 0 Å². The first-order chi connectivity index (χ1) is 5.24. The van der Waals surface area contributed by atoms with E-state index < -0.39 is 0 Å². The lowest BCUT2D eigenvalue weighted by Gasteiger charge is -1.82. The number of aromatic nitrogens is 1. The van der Waals surface area contributed by atoms with Crippen LogP contribution in [0.2, 0.25) is 0 Å². The summed E-state index contributed by atoms with van der Waals surface area (Å²) < 4.78 is 0. The van der Waals surface area contributed by atoms with Crippen molar-refractivity contribution in [2.24, 2.45) is 9.98 Å². The van der Waals surface area contributed by atoms with Crippen molar-refractivity contribution < 1.29 is 0 Å². The van der Waals surface area contributed by atoms with Gasteiger partial charge < -0.3 is 0 Å². The summed E-state index contributed by atoms with van der Waals surface area (Å²) in [7, 11) is 0. The zero-order valence-electron chi connectivity index (χ0n) is 6.53. The van der Waals surface area contributed by atoms with Crippen LogP contribution >= 0.6 is 11.3 Å². The quantitative estimate of drug-likeness (QED) is 0.491. The lowest BCUT2D eigenvalue weighted by atomic mass is 10.5. The van der Waals surface area contributed by atoms with Gasteiger partial charge in [-0.2, -0.15) is 0 Å². The third-order valence-electron chi connectivity index (χ3n) is 1.14. The maximum atomic E-state index is 4.18. The molecule has 0 saturated heterocycles. The first kappa shape index (κ1) is 8.07. The maximum absolute atomic E-state index is 4.18. The molecule has 1 aromatic heterocycles. The van der Waals surface area contributed by atoms with Crippen molar-refractivity contribution in [3.8, 4) is 0 Å². The lowest BCUT2D eigenvalue weighted by Crippen LogP contribution is -1.69. The van der Waals surface area contributed by atoms with Gasteiger partial charge in [0.2, 0.25) is 0 Å². The molecule has 58 valence electrons. The Hall–Kier alpha value is -1.03. The molecule has 0 radical (unpaired) electrons. The average molecular weight is 167 g/mol. The van der Waals surface area contributed by atoms with Crippen LogP contribution in [0, 0.1) is 13.8 Å². The summed E-state index contributed by atoms with van der Waals surface area (Å²) in [6.45, 7) is 7.23. The lowest BCUT2D eigenvalue weighted by molar-refractivity contribution is 1.25. The molecule has 0 aliphatic carbocycles. The molecule has 0 unspecified atom stereocenters. The topological polar surface area (TPSA) is 37.6 Å². The van der Waals surface area contributed by atoms with Crippen LogP contribution in [-0.2, 0) is 0 Å². The van der Waals surface area contributed by atoms with E-state index in [0.717, 1.165) is 15.7 Å². The Morgan fingerprint density at radius 3 is 2.73 bits per heavy atom. The van der Waals surface area contributed by atoms with E-state index in [-0.39, 0.29) is 0 Å². The molecule has 4 heteroatoms. The second-order valence-corrected chi connectivity index (χ2v) is 3.45. The molecule has 0 fully saturated rings. The monoisotopic (exact) mass is 167 g/mol. The Morgan fingerprint density at radius 2 is 2.27 bits per heavy atom. The minimum Gasteiger partial charge on any atom is -0.253 e. The van der Waals surface area contributed by atoms with Gasteiger partial charge in [0.25, 0.3) is 0 Å². The van der Waals surface area contributed by atoms with Gasteiger partial charge in [0.15, 0.2) is 5.82 Å². The van der Waals surface area contributed by atoms with Crippen LogP contribution in [0.4, 0.5) is 5.82 Å². The van der Waals surface area contributed by atoms with Gasteiger partial charge in [-0.3, -0.25) is 4.99 Å². The summed E-state index contributed by atoms with van der Waals surface area (Å²) in [6.07, 6.45) is 1.40. The van der Waals surface area contributed by atoms with E-state index in [2.05, 4.69) is 21.7 Å². The Labute approximate surface area is 69.5 Å². The maximum Gasteiger partial charge on any atom is 0.167 e. The molecule has 0 aliphatic heterocycles. The molecule has 3 nitrogen and oxygen atoms in total. The smallest absolute Gasteiger partial charge is 0.167 e. The molecule has 0 atom stereocenters. The number of thiazole rings is 1. The molecule has 1 heterocycles. The average Bonchev–Trinajstić information content (AvgIpc) is 2.26. The summed E-state index contributed by atoms with van der Waals surface area (Å²) in [4.78, 5) is 12.8. The molecular formula is C7H9N3S. The largest absolute Gasteiger partial charge is 0.253 e. The number of aryl methyl sites for hydroxylation is 2. The van der Waals surface area contributed by atoms with Crippen molar-refractivity contribution in [2.45, 2.75) is 13.8 Å². The molecule has 11 heavy (non-hydrogen) atoms. The summed E-state index contributed by atoms with van der Waals surface area (Å²) in [6, 6.07) is 0. The zero-order valence-corrected chi connectivity index (χ0v) is 7.35. The van der Waals surface area contributed by atoms with Gasteiger partial charge in [-0.1, -0.05) is 0 Å². The fraction of sp³-hybridized carbons (Fsp3) is 0.286. The third-order valence-corrected chi connectivity index (χ3v) is 2.02. The number of rotatable bonds is 2. The van der Waals surface area contributed by atoms with E-state index in [1.165, 1.54) is 6.34 Å². The van der Waals surface area contributed by atoms with Crippen LogP contribution in [0.5, 0.6) is 0 Å². The Morgan fingerprint density at radius 1 is 1.55 bits per heavy atom. The van der Waals surface area contributed by atoms with Crippen LogP contribution in [0.25, 0.3) is 0 Å². The molecule has 1 aromatic rings. The standard InChI is InChI=1S/C7H9N3S/c1-5-7(9-4-8-3)10-6(2)11-5/h4H,3H2,1-2H3/b9-4-. The van der Waals surface area contributed by atoms with Crippen molar-refractivity contribution in [1.29, 1.82) is 0 Å². The van der Waals surface area contributed by atoms with E-state index in [1.54, 1.807) is 11.3 Å². The SMILES string of the molecule is C=N/C=N\c1nc(C)sc1C. The van der Waals surface area contributed by atoms with Crippen molar-refractivity contribution in [3.05, 3.63) is 9.88 Å². The van der Waals surface area contributed by atoms with Crippen molar-refractivity contribution >= 4 is 30.2 Å². The molecule has 0 bridgehead atoms. The first-order valence-electron chi connectivity index (χ1n) is 3.16. The fourth-order valence-electron chi connectivity index (χ4n) is 0.733. The predicted octanol–water partition coefficient (Wildman–Crippen LogP) is 2.12. The van der Waals surface area contributed by atoms with Gasteiger partial charge >= 0.3 is 0 Å². The second kappa shape index (κ2) is 3.39. The van der Waals surface area contributed by atoms with Gasteiger partial charge in [0.1, 0.15) is 6.34 Å². The molecule has 1 rings (SSSR count). The highest BCUT2D eigenvalue weighted by molar-refractivity contribution is 7.11. The van der Waals surface area contributed by atoms with Gasteiger partial charge in [-0.15, -0.1) is 11.3 Å². The van der Waals surface area contributed by atoms with Gasteiger partial charge in [0, 0.05) is 4.88 Å². The van der Waals surface area contributed by atoms with Crippen LogP contribution < -0.4 is 0 Å². The minimum absolute atomic E-state index is 0.750. The Kier molecular flexibility index (Phi) is 2.48. The van der Waals surface area contributed by atoms with Gasteiger partial charge in [-0.05, 0) is 20.6 Å². The molecule has 0 amide bonds. The van der Waals surface area contributed by atoms with Gasteiger partial charge in [-0.25, -0.2) is 9.98 Å². The highest BCUT2D eigenvalue weighted by Gasteiger charge is 2.00. The highest BCUT2D eigenvalue weighted by atomic mass is 32.1. The van der Waals surface area contributed by atoms with Crippen LogP contribution in [0.15, 0.2) is 9.98 Å². The predicted molar refractivity (Wildman–Crippen MR) is 49.3 cm³/mol. The van der Waals surface area contributed by atoms with Crippen molar-refractivity contribution in [1.82, 2.24) is 4.98 Å². The van der Waals surface area contributed by atoms with E-state index in [0.29, 0.717) is 0 Å². The van der Waals surface area contributed by atoms with E-state index in [9.17, 15) is 0 Å². The zero-order chi connectivity index (χ0) is 8.27. The Bertz CT molecular complexity index is 288. The molecule has 0 spiro atoms. The highest BCUT2D eigenvalue weighted by Crippen LogP contribution is 2.22. The Balaban J connectivity index is 2.93. The molecular weight excluding hydrogens is 158 g/mol. The summed E-state index contributed by atoms with van der Waals surface area (Å²) >= 11 is 1.63. The number of aliphatic imine (C=N–C) groups is 2. The molecule has 0 saturated carbocycles. The second-order valence-electron chi connectivity index (χ2n) is 2.04.